The molecule has 0 unspecified atom stereocenters. The highest BCUT2D eigenvalue weighted by molar-refractivity contribution is 7.20. The molecule has 6 nitrogen and oxygen atoms in total. The van der Waals surface area contributed by atoms with Crippen molar-refractivity contribution in [2.24, 2.45) is 0 Å². The van der Waals surface area contributed by atoms with Crippen LogP contribution < -0.4 is 10.6 Å². The van der Waals surface area contributed by atoms with E-state index in [1.807, 2.05) is 54.9 Å². The fourth-order valence-corrected chi connectivity index (χ4v) is 3.72. The zero-order valence-electron chi connectivity index (χ0n) is 15.1. The monoisotopic (exact) mass is 370 g/mol. The fraction of sp³-hybridized carbons (Fsp3) is 0.316. The molecule has 0 fully saturated rings. The molecule has 1 aromatic carbocycles. The second-order valence-electron chi connectivity index (χ2n) is 6.15. The van der Waals surface area contributed by atoms with Crippen LogP contribution in [0.4, 0.5) is 0 Å². The summed E-state index contributed by atoms with van der Waals surface area (Å²) in [5, 5.41) is 11.1. The molecule has 0 spiro atoms. The van der Waals surface area contributed by atoms with E-state index in [1.54, 1.807) is 6.92 Å². The first-order chi connectivity index (χ1) is 12.5. The predicted molar refractivity (Wildman–Crippen MR) is 104 cm³/mol. The van der Waals surface area contributed by atoms with Crippen LogP contribution in [0.25, 0.3) is 15.9 Å². The maximum Gasteiger partial charge on any atom is 0.262 e. The van der Waals surface area contributed by atoms with Gasteiger partial charge in [0.25, 0.3) is 5.91 Å². The number of benzene rings is 1. The van der Waals surface area contributed by atoms with E-state index in [0.29, 0.717) is 11.4 Å². The zero-order chi connectivity index (χ0) is 18.7. The van der Waals surface area contributed by atoms with Crippen molar-refractivity contribution >= 4 is 33.4 Å². The van der Waals surface area contributed by atoms with E-state index in [1.165, 1.54) is 11.3 Å². The fourth-order valence-electron chi connectivity index (χ4n) is 2.64. The lowest BCUT2D eigenvalue weighted by atomic mass is 10.2. The molecule has 2 amide bonds. The third-order valence-electron chi connectivity index (χ3n) is 4.06. The first-order valence-corrected chi connectivity index (χ1v) is 9.46. The minimum absolute atomic E-state index is 0.173. The minimum atomic E-state index is -0.578. The molecule has 2 heterocycles. The summed E-state index contributed by atoms with van der Waals surface area (Å²) >= 11 is 1.38. The van der Waals surface area contributed by atoms with E-state index in [2.05, 4.69) is 15.7 Å². The summed E-state index contributed by atoms with van der Waals surface area (Å²) in [6.45, 7) is 6.21. The molecule has 7 heteroatoms. The normalized spacial score (nSPS) is 12.1. The van der Waals surface area contributed by atoms with Gasteiger partial charge in [-0.25, -0.2) is 4.68 Å². The van der Waals surface area contributed by atoms with E-state index < -0.39 is 6.04 Å². The van der Waals surface area contributed by atoms with E-state index in [-0.39, 0.29) is 11.8 Å². The molecule has 1 atom stereocenters. The maximum atomic E-state index is 12.5. The van der Waals surface area contributed by atoms with Crippen LogP contribution in [-0.2, 0) is 4.79 Å². The highest BCUT2D eigenvalue weighted by atomic mass is 32.1. The van der Waals surface area contributed by atoms with Crippen LogP contribution in [-0.4, -0.2) is 34.2 Å². The number of nitrogens with zero attached hydrogens (tertiary/aromatic N) is 2. The summed E-state index contributed by atoms with van der Waals surface area (Å²) in [5.41, 5.74) is 1.82. The van der Waals surface area contributed by atoms with Crippen molar-refractivity contribution in [1.29, 1.82) is 0 Å². The molecule has 0 aliphatic carbocycles. The van der Waals surface area contributed by atoms with Gasteiger partial charge in [-0.05, 0) is 38.5 Å². The molecule has 2 aromatic heterocycles. The molecular weight excluding hydrogens is 348 g/mol. The number of para-hydroxylation sites is 1. The molecule has 0 aliphatic heterocycles. The van der Waals surface area contributed by atoms with E-state index >= 15 is 0 Å². The van der Waals surface area contributed by atoms with Crippen molar-refractivity contribution in [3.05, 3.63) is 47.0 Å². The van der Waals surface area contributed by atoms with Gasteiger partial charge in [0.1, 0.15) is 10.9 Å². The van der Waals surface area contributed by atoms with Crippen molar-refractivity contribution in [2.75, 3.05) is 6.54 Å². The molecule has 3 aromatic rings. The SMILES string of the molecule is CCCNC(=O)[C@@H](C)NC(=O)c1cc2c(C)nn(-c3ccccc3)c2s1. The van der Waals surface area contributed by atoms with Gasteiger partial charge in [0, 0.05) is 11.9 Å². The lowest BCUT2D eigenvalue weighted by Crippen LogP contribution is -2.44. The molecule has 136 valence electrons. The van der Waals surface area contributed by atoms with Gasteiger partial charge < -0.3 is 10.6 Å². The van der Waals surface area contributed by atoms with E-state index in [9.17, 15) is 9.59 Å². The van der Waals surface area contributed by atoms with Gasteiger partial charge in [-0.2, -0.15) is 5.10 Å². The zero-order valence-corrected chi connectivity index (χ0v) is 15.9. The molecule has 3 rings (SSSR count). The number of fused-ring (bicyclic) bond motifs is 1. The summed E-state index contributed by atoms with van der Waals surface area (Å²) in [5.74, 6) is -0.419. The number of aromatic nitrogens is 2. The number of amides is 2. The number of carbonyl (C=O) groups excluding carboxylic acids is 2. The standard InChI is InChI=1S/C19H22N4O2S/c1-4-10-20-17(24)13(3)21-18(25)16-11-15-12(2)22-23(19(15)26-16)14-8-6-5-7-9-14/h5-9,11,13H,4,10H2,1-3H3,(H,20,24)(H,21,25)/t13-/m1/s1. The number of hydrogen-bond acceptors (Lipinski definition) is 4. The molecule has 0 bridgehead atoms. The Hall–Kier alpha value is -2.67. The Morgan fingerprint density at radius 2 is 2.00 bits per heavy atom. The lowest BCUT2D eigenvalue weighted by molar-refractivity contribution is -0.122. The van der Waals surface area contributed by atoms with Crippen LogP contribution in [0.2, 0.25) is 0 Å². The minimum Gasteiger partial charge on any atom is -0.354 e. The number of rotatable bonds is 6. The van der Waals surface area contributed by atoms with Crippen molar-refractivity contribution in [1.82, 2.24) is 20.4 Å². The topological polar surface area (TPSA) is 76.0 Å². The maximum absolute atomic E-state index is 12.5. The number of aryl methyl sites for hydroxylation is 1. The van der Waals surface area contributed by atoms with E-state index in [4.69, 9.17) is 0 Å². The third kappa shape index (κ3) is 3.62. The smallest absolute Gasteiger partial charge is 0.262 e. The molecule has 0 saturated carbocycles. The Morgan fingerprint density at radius 3 is 2.69 bits per heavy atom. The van der Waals surface area contributed by atoms with Crippen LogP contribution in [0.15, 0.2) is 36.4 Å². The largest absolute Gasteiger partial charge is 0.354 e. The van der Waals surface area contributed by atoms with Crippen LogP contribution in [0, 0.1) is 6.92 Å². The second-order valence-corrected chi connectivity index (χ2v) is 7.18. The molecule has 0 saturated heterocycles. The number of carbonyl (C=O) groups is 2. The lowest BCUT2D eigenvalue weighted by Gasteiger charge is -2.13. The first kappa shape index (κ1) is 18.1. The Balaban J connectivity index is 1.83. The summed E-state index contributed by atoms with van der Waals surface area (Å²) in [6, 6.07) is 11.1. The number of thiophene rings is 1. The van der Waals surface area contributed by atoms with Crippen LogP contribution in [0.3, 0.4) is 0 Å². The first-order valence-electron chi connectivity index (χ1n) is 8.64. The molecular formula is C19H22N4O2S. The van der Waals surface area contributed by atoms with Crippen molar-refractivity contribution < 1.29 is 9.59 Å². The second kappa shape index (κ2) is 7.70. The van der Waals surface area contributed by atoms with Gasteiger partial charge >= 0.3 is 0 Å². The summed E-state index contributed by atoms with van der Waals surface area (Å²) in [7, 11) is 0. The molecule has 2 N–H and O–H groups in total. The van der Waals surface area contributed by atoms with Crippen LogP contribution in [0.5, 0.6) is 0 Å². The van der Waals surface area contributed by atoms with Gasteiger partial charge in [0.05, 0.1) is 16.3 Å². The predicted octanol–water partition coefficient (Wildman–Crippen LogP) is 3.04. The van der Waals surface area contributed by atoms with Crippen LogP contribution in [0.1, 0.15) is 35.6 Å². The van der Waals surface area contributed by atoms with Crippen molar-refractivity contribution in [2.45, 2.75) is 33.2 Å². The number of nitrogens with one attached hydrogen (secondary N) is 2. The summed E-state index contributed by atoms with van der Waals surface area (Å²) in [6.07, 6.45) is 0.859. The van der Waals surface area contributed by atoms with Gasteiger partial charge in [-0.15, -0.1) is 11.3 Å². The van der Waals surface area contributed by atoms with Gasteiger partial charge in [-0.3, -0.25) is 9.59 Å². The highest BCUT2D eigenvalue weighted by Crippen LogP contribution is 2.30. The Morgan fingerprint density at radius 1 is 1.27 bits per heavy atom. The van der Waals surface area contributed by atoms with Crippen molar-refractivity contribution in [3.8, 4) is 5.69 Å². The highest BCUT2D eigenvalue weighted by Gasteiger charge is 2.20. The Labute approximate surface area is 156 Å². The summed E-state index contributed by atoms with van der Waals surface area (Å²) in [4.78, 5) is 26.0. The van der Waals surface area contributed by atoms with Gasteiger partial charge in [-0.1, -0.05) is 25.1 Å². The molecule has 0 radical (unpaired) electrons. The van der Waals surface area contributed by atoms with Crippen molar-refractivity contribution in [3.63, 3.8) is 0 Å². The molecule has 26 heavy (non-hydrogen) atoms. The Kier molecular flexibility index (Phi) is 5.37. The summed E-state index contributed by atoms with van der Waals surface area (Å²) < 4.78 is 1.85. The van der Waals surface area contributed by atoms with E-state index in [0.717, 1.165) is 28.0 Å². The average molecular weight is 370 g/mol. The average Bonchev–Trinajstić information content (AvgIpc) is 3.21. The Bertz CT molecular complexity index is 930. The molecule has 0 aliphatic rings. The van der Waals surface area contributed by atoms with Gasteiger partial charge in [0.15, 0.2) is 0 Å². The third-order valence-corrected chi connectivity index (χ3v) is 5.17. The van der Waals surface area contributed by atoms with Crippen LogP contribution >= 0.6 is 11.3 Å². The quantitative estimate of drug-likeness (QED) is 0.700. The number of hydrogen-bond donors (Lipinski definition) is 2. The van der Waals surface area contributed by atoms with Gasteiger partial charge in [0.2, 0.25) is 5.91 Å².